The maximum atomic E-state index is 6.06. The highest BCUT2D eigenvalue weighted by Gasteiger charge is 2.06. The molecule has 1 rings (SSSR count). The molecule has 1 aromatic carbocycles. The van der Waals surface area contributed by atoms with Gasteiger partial charge in [-0.25, -0.2) is 0 Å². The van der Waals surface area contributed by atoms with Crippen molar-refractivity contribution in [3.8, 4) is 5.75 Å². The molecule has 3 nitrogen and oxygen atoms in total. The van der Waals surface area contributed by atoms with E-state index in [0.717, 1.165) is 36.3 Å². The van der Waals surface area contributed by atoms with Gasteiger partial charge in [0.25, 0.3) is 0 Å². The van der Waals surface area contributed by atoms with Gasteiger partial charge in [-0.2, -0.15) is 0 Å². The molecule has 0 fully saturated rings. The SMILES string of the molecule is CCCN=Cc1cc(C)cc(OCCC)c1N. The number of nitrogens with two attached hydrogens (primary N) is 1. The highest BCUT2D eigenvalue weighted by Crippen LogP contribution is 2.26. The van der Waals surface area contributed by atoms with Crippen molar-refractivity contribution in [3.63, 3.8) is 0 Å². The summed E-state index contributed by atoms with van der Waals surface area (Å²) in [5.74, 6) is 0.768. The van der Waals surface area contributed by atoms with E-state index in [0.29, 0.717) is 12.3 Å². The van der Waals surface area contributed by atoms with Crippen LogP contribution in [0.25, 0.3) is 0 Å². The van der Waals surface area contributed by atoms with Gasteiger partial charge in [0.15, 0.2) is 0 Å². The van der Waals surface area contributed by atoms with Crippen molar-refractivity contribution < 1.29 is 4.74 Å². The standard InChI is InChI=1S/C14H22N2O/c1-4-6-16-10-12-8-11(3)9-13(14(12)15)17-7-5-2/h8-10H,4-7,15H2,1-3H3. The van der Waals surface area contributed by atoms with Gasteiger partial charge in [0.05, 0.1) is 12.3 Å². The van der Waals surface area contributed by atoms with Crippen LogP contribution in [0.3, 0.4) is 0 Å². The second-order valence-electron chi connectivity index (χ2n) is 4.15. The molecule has 0 spiro atoms. The third-order valence-electron chi connectivity index (χ3n) is 2.36. The van der Waals surface area contributed by atoms with Crippen LogP contribution in [0.4, 0.5) is 5.69 Å². The number of benzene rings is 1. The molecule has 94 valence electrons. The minimum absolute atomic E-state index is 0.684. The summed E-state index contributed by atoms with van der Waals surface area (Å²) in [4.78, 5) is 4.32. The largest absolute Gasteiger partial charge is 0.491 e. The van der Waals surface area contributed by atoms with E-state index in [1.54, 1.807) is 0 Å². The van der Waals surface area contributed by atoms with Crippen LogP contribution in [0.2, 0.25) is 0 Å². The fourth-order valence-electron chi connectivity index (χ4n) is 1.52. The van der Waals surface area contributed by atoms with Crippen LogP contribution in [0.15, 0.2) is 17.1 Å². The lowest BCUT2D eigenvalue weighted by atomic mass is 10.1. The Morgan fingerprint density at radius 3 is 2.71 bits per heavy atom. The molecule has 0 heterocycles. The van der Waals surface area contributed by atoms with E-state index in [1.807, 2.05) is 25.3 Å². The normalized spacial score (nSPS) is 11.0. The Bertz CT molecular complexity index is 386. The molecule has 0 bridgehead atoms. The summed E-state index contributed by atoms with van der Waals surface area (Å²) in [5.41, 5.74) is 8.83. The number of nitrogens with zero attached hydrogens (tertiary/aromatic N) is 1. The van der Waals surface area contributed by atoms with Crippen LogP contribution in [-0.2, 0) is 0 Å². The summed E-state index contributed by atoms with van der Waals surface area (Å²) < 4.78 is 5.63. The highest BCUT2D eigenvalue weighted by atomic mass is 16.5. The smallest absolute Gasteiger partial charge is 0.143 e. The first kappa shape index (κ1) is 13.6. The Labute approximate surface area is 104 Å². The summed E-state index contributed by atoms with van der Waals surface area (Å²) in [5, 5.41) is 0. The Morgan fingerprint density at radius 1 is 1.29 bits per heavy atom. The van der Waals surface area contributed by atoms with Gasteiger partial charge in [-0.15, -0.1) is 0 Å². The van der Waals surface area contributed by atoms with E-state index >= 15 is 0 Å². The summed E-state index contributed by atoms with van der Waals surface area (Å²) >= 11 is 0. The van der Waals surface area contributed by atoms with E-state index in [2.05, 4.69) is 18.8 Å². The number of nitrogen functional groups attached to an aromatic ring is 1. The fourth-order valence-corrected chi connectivity index (χ4v) is 1.52. The first-order valence-corrected chi connectivity index (χ1v) is 6.21. The van der Waals surface area contributed by atoms with Gasteiger partial charge >= 0.3 is 0 Å². The van der Waals surface area contributed by atoms with Crippen molar-refractivity contribution in [1.82, 2.24) is 0 Å². The predicted molar refractivity (Wildman–Crippen MR) is 74.1 cm³/mol. The third kappa shape index (κ3) is 4.10. The number of hydrogen-bond donors (Lipinski definition) is 1. The van der Waals surface area contributed by atoms with Crippen molar-refractivity contribution in [2.75, 3.05) is 18.9 Å². The molecular formula is C14H22N2O. The highest BCUT2D eigenvalue weighted by molar-refractivity contribution is 5.89. The molecule has 0 aromatic heterocycles. The van der Waals surface area contributed by atoms with Crippen molar-refractivity contribution in [2.45, 2.75) is 33.6 Å². The molecule has 2 N–H and O–H groups in total. The summed E-state index contributed by atoms with van der Waals surface area (Å²) in [6.45, 7) is 7.75. The third-order valence-corrected chi connectivity index (χ3v) is 2.36. The second kappa shape index (κ2) is 6.94. The van der Waals surface area contributed by atoms with E-state index in [4.69, 9.17) is 10.5 Å². The average molecular weight is 234 g/mol. The second-order valence-corrected chi connectivity index (χ2v) is 4.15. The van der Waals surface area contributed by atoms with Gasteiger partial charge in [-0.05, 0) is 37.5 Å². The molecule has 0 saturated heterocycles. The number of aliphatic imine (C=N–C) groups is 1. The van der Waals surface area contributed by atoms with Crippen LogP contribution in [0.5, 0.6) is 5.75 Å². The number of rotatable bonds is 6. The molecule has 0 aliphatic carbocycles. The van der Waals surface area contributed by atoms with E-state index in [1.165, 1.54) is 0 Å². The lowest BCUT2D eigenvalue weighted by molar-refractivity contribution is 0.319. The number of hydrogen-bond acceptors (Lipinski definition) is 3. The van der Waals surface area contributed by atoms with Crippen molar-refractivity contribution >= 4 is 11.9 Å². The quantitative estimate of drug-likeness (QED) is 0.607. The molecule has 17 heavy (non-hydrogen) atoms. The molecule has 3 heteroatoms. The van der Waals surface area contributed by atoms with Crippen molar-refractivity contribution in [1.29, 1.82) is 0 Å². The van der Waals surface area contributed by atoms with Crippen molar-refractivity contribution in [3.05, 3.63) is 23.3 Å². The van der Waals surface area contributed by atoms with Gasteiger partial charge in [0.1, 0.15) is 5.75 Å². The Hall–Kier alpha value is -1.51. The van der Waals surface area contributed by atoms with Crippen molar-refractivity contribution in [2.24, 2.45) is 4.99 Å². The van der Waals surface area contributed by atoms with Gasteiger partial charge in [-0.1, -0.05) is 13.8 Å². The number of ether oxygens (including phenoxy) is 1. The van der Waals surface area contributed by atoms with Gasteiger partial charge in [0.2, 0.25) is 0 Å². The Balaban J connectivity index is 2.92. The van der Waals surface area contributed by atoms with Crippen LogP contribution < -0.4 is 10.5 Å². The van der Waals surface area contributed by atoms with Crippen LogP contribution in [-0.4, -0.2) is 19.4 Å². The minimum Gasteiger partial charge on any atom is -0.491 e. The molecule has 0 radical (unpaired) electrons. The molecule has 0 amide bonds. The topological polar surface area (TPSA) is 47.6 Å². The molecule has 0 atom stereocenters. The lowest BCUT2D eigenvalue weighted by Gasteiger charge is -2.11. The Kier molecular flexibility index (Phi) is 5.53. The summed E-state index contributed by atoms with van der Waals surface area (Å²) in [6, 6.07) is 4.01. The molecular weight excluding hydrogens is 212 g/mol. The minimum atomic E-state index is 0.684. The molecule has 1 aromatic rings. The van der Waals surface area contributed by atoms with Gasteiger partial charge in [0, 0.05) is 18.3 Å². The molecule has 0 aliphatic heterocycles. The van der Waals surface area contributed by atoms with Crippen LogP contribution in [0, 0.1) is 6.92 Å². The van der Waals surface area contributed by atoms with Gasteiger partial charge in [-0.3, -0.25) is 4.99 Å². The van der Waals surface area contributed by atoms with Gasteiger partial charge < -0.3 is 10.5 Å². The Morgan fingerprint density at radius 2 is 2.06 bits per heavy atom. The molecule has 0 unspecified atom stereocenters. The van der Waals surface area contributed by atoms with Crippen LogP contribution >= 0.6 is 0 Å². The monoisotopic (exact) mass is 234 g/mol. The van der Waals surface area contributed by atoms with E-state index in [9.17, 15) is 0 Å². The molecule has 0 aliphatic rings. The first-order chi connectivity index (χ1) is 8.19. The predicted octanol–water partition coefficient (Wildman–Crippen LogP) is 3.19. The fraction of sp³-hybridized carbons (Fsp3) is 0.500. The average Bonchev–Trinajstić information content (AvgIpc) is 2.31. The van der Waals surface area contributed by atoms with E-state index < -0.39 is 0 Å². The van der Waals surface area contributed by atoms with E-state index in [-0.39, 0.29) is 0 Å². The van der Waals surface area contributed by atoms with Crippen LogP contribution in [0.1, 0.15) is 37.8 Å². The zero-order chi connectivity index (χ0) is 12.7. The summed E-state index contributed by atoms with van der Waals surface area (Å²) in [6.07, 6.45) is 3.86. The maximum Gasteiger partial charge on any atom is 0.143 e. The molecule has 0 saturated carbocycles. The number of aryl methyl sites for hydroxylation is 1. The maximum absolute atomic E-state index is 6.06. The zero-order valence-electron chi connectivity index (χ0n) is 11.0. The lowest BCUT2D eigenvalue weighted by Crippen LogP contribution is -2.02. The summed E-state index contributed by atoms with van der Waals surface area (Å²) in [7, 11) is 0. The zero-order valence-corrected chi connectivity index (χ0v) is 11.0. The first-order valence-electron chi connectivity index (χ1n) is 6.21. The number of anilines is 1.